The first-order valence-corrected chi connectivity index (χ1v) is 6.01. The van der Waals surface area contributed by atoms with Crippen molar-refractivity contribution in [3.05, 3.63) is 0 Å². The Bertz CT molecular complexity index is 203. The molecular weight excluding hydrogens is 204 g/mol. The molecule has 0 fully saturated rings. The third-order valence-corrected chi connectivity index (χ3v) is 2.06. The molecule has 0 saturated carbocycles. The molecule has 4 nitrogen and oxygen atoms in total. The highest BCUT2D eigenvalue weighted by atomic mass is 16.5. The predicted molar refractivity (Wildman–Crippen MR) is 66.5 cm³/mol. The molecule has 2 N–H and O–H groups in total. The van der Waals surface area contributed by atoms with E-state index < -0.39 is 0 Å². The van der Waals surface area contributed by atoms with Crippen LogP contribution in [0, 0.1) is 0 Å². The van der Waals surface area contributed by atoms with Crippen LogP contribution in [-0.2, 0) is 9.53 Å². The Morgan fingerprint density at radius 1 is 1.38 bits per heavy atom. The third-order valence-electron chi connectivity index (χ3n) is 2.06. The van der Waals surface area contributed by atoms with Crippen molar-refractivity contribution in [2.24, 2.45) is 0 Å². The van der Waals surface area contributed by atoms with Crippen LogP contribution in [0.5, 0.6) is 0 Å². The van der Waals surface area contributed by atoms with Crippen LogP contribution < -0.4 is 10.6 Å². The lowest BCUT2D eigenvalue weighted by molar-refractivity contribution is -0.121. The van der Waals surface area contributed by atoms with Gasteiger partial charge in [-0.2, -0.15) is 0 Å². The first kappa shape index (κ1) is 15.4. The molecule has 96 valence electrons. The summed E-state index contributed by atoms with van der Waals surface area (Å²) in [7, 11) is 0. The molecule has 4 heteroatoms. The summed E-state index contributed by atoms with van der Waals surface area (Å²) in [6.45, 7) is 12.1. The van der Waals surface area contributed by atoms with Crippen LogP contribution in [0.1, 0.15) is 41.0 Å². The second kappa shape index (κ2) is 7.63. The summed E-state index contributed by atoms with van der Waals surface area (Å²) in [4.78, 5) is 11.3. The number of nitrogens with one attached hydrogen (secondary N) is 2. The van der Waals surface area contributed by atoms with E-state index in [4.69, 9.17) is 4.74 Å². The fourth-order valence-electron chi connectivity index (χ4n) is 1.43. The van der Waals surface area contributed by atoms with Crippen LogP contribution in [0.2, 0.25) is 0 Å². The maximum absolute atomic E-state index is 11.3. The van der Waals surface area contributed by atoms with Crippen molar-refractivity contribution in [3.63, 3.8) is 0 Å². The summed E-state index contributed by atoms with van der Waals surface area (Å²) in [6, 6.07) is 0.215. The summed E-state index contributed by atoms with van der Waals surface area (Å²) in [5.74, 6) is 0.0942. The Labute approximate surface area is 99.1 Å². The van der Waals surface area contributed by atoms with Crippen LogP contribution in [0.3, 0.4) is 0 Å². The lowest BCUT2D eigenvalue weighted by atomic mass is 10.1. The number of amides is 1. The lowest BCUT2D eigenvalue weighted by Crippen LogP contribution is -2.39. The van der Waals surface area contributed by atoms with Crippen LogP contribution in [-0.4, -0.2) is 37.2 Å². The number of ether oxygens (including phenoxy) is 1. The molecular formula is C12H26N2O2. The topological polar surface area (TPSA) is 50.4 Å². The summed E-state index contributed by atoms with van der Waals surface area (Å²) in [5.41, 5.74) is -0.163. The van der Waals surface area contributed by atoms with Crippen LogP contribution in [0.15, 0.2) is 0 Å². The first-order chi connectivity index (χ1) is 7.37. The van der Waals surface area contributed by atoms with Gasteiger partial charge in [-0.05, 0) is 34.6 Å². The molecule has 0 spiro atoms. The van der Waals surface area contributed by atoms with Crippen LogP contribution >= 0.6 is 0 Å². The maximum atomic E-state index is 11.3. The average molecular weight is 230 g/mol. The number of carbonyl (C=O) groups excluding carboxylic acids is 1. The Morgan fingerprint density at radius 2 is 2.00 bits per heavy atom. The average Bonchev–Trinajstić information content (AvgIpc) is 2.11. The highest BCUT2D eigenvalue weighted by molar-refractivity contribution is 5.76. The van der Waals surface area contributed by atoms with Gasteiger partial charge in [0.15, 0.2) is 0 Å². The molecule has 0 atom stereocenters. The zero-order valence-corrected chi connectivity index (χ0v) is 11.2. The van der Waals surface area contributed by atoms with Crippen molar-refractivity contribution in [3.8, 4) is 0 Å². The Morgan fingerprint density at radius 3 is 2.50 bits per heavy atom. The van der Waals surface area contributed by atoms with Crippen LogP contribution in [0.4, 0.5) is 0 Å². The summed E-state index contributed by atoms with van der Waals surface area (Å²) in [5, 5.41) is 6.08. The molecule has 0 saturated heterocycles. The smallest absolute Gasteiger partial charge is 0.221 e. The van der Waals surface area contributed by atoms with Crippen molar-refractivity contribution in [1.82, 2.24) is 10.6 Å². The van der Waals surface area contributed by atoms with E-state index in [9.17, 15) is 4.79 Å². The van der Waals surface area contributed by atoms with Gasteiger partial charge in [-0.15, -0.1) is 0 Å². The Hall–Kier alpha value is -0.610. The number of hydrogen-bond donors (Lipinski definition) is 2. The lowest BCUT2D eigenvalue weighted by Gasteiger charge is -2.25. The fraction of sp³-hybridized carbons (Fsp3) is 0.917. The minimum Gasteiger partial charge on any atom is -0.375 e. The number of hydrogen-bond acceptors (Lipinski definition) is 3. The zero-order valence-electron chi connectivity index (χ0n) is 11.2. The van der Waals surface area contributed by atoms with Crippen molar-refractivity contribution >= 4 is 5.91 Å². The van der Waals surface area contributed by atoms with E-state index in [2.05, 4.69) is 10.6 Å². The minimum absolute atomic E-state index is 0.0942. The SMILES string of the molecule is CCOC(C)(C)CNCCC(=O)NC(C)C. The molecule has 0 bridgehead atoms. The number of carbonyl (C=O) groups is 1. The van der Waals surface area contributed by atoms with Gasteiger partial charge in [0.05, 0.1) is 5.60 Å². The molecule has 0 aliphatic rings. The molecule has 0 aromatic rings. The summed E-state index contributed by atoms with van der Waals surface area (Å²) < 4.78 is 5.54. The highest BCUT2D eigenvalue weighted by Gasteiger charge is 2.16. The Balaban J connectivity index is 3.56. The van der Waals surface area contributed by atoms with Gasteiger partial charge in [-0.1, -0.05) is 0 Å². The summed E-state index contributed by atoms with van der Waals surface area (Å²) >= 11 is 0. The predicted octanol–water partition coefficient (Wildman–Crippen LogP) is 1.31. The van der Waals surface area contributed by atoms with E-state index in [-0.39, 0.29) is 17.6 Å². The fourth-order valence-corrected chi connectivity index (χ4v) is 1.43. The van der Waals surface area contributed by atoms with Crippen LogP contribution in [0.25, 0.3) is 0 Å². The molecule has 0 aliphatic carbocycles. The van der Waals surface area contributed by atoms with Gasteiger partial charge in [-0.3, -0.25) is 4.79 Å². The quantitative estimate of drug-likeness (QED) is 0.618. The zero-order chi connectivity index (χ0) is 12.6. The molecule has 0 aliphatic heterocycles. The molecule has 0 radical (unpaired) electrons. The van der Waals surface area contributed by atoms with Gasteiger partial charge in [0.25, 0.3) is 0 Å². The molecule has 0 heterocycles. The standard InChI is InChI=1S/C12H26N2O2/c1-6-16-12(4,5)9-13-8-7-11(15)14-10(2)3/h10,13H,6-9H2,1-5H3,(H,14,15). The van der Waals surface area contributed by atoms with E-state index in [1.165, 1.54) is 0 Å². The van der Waals surface area contributed by atoms with Gasteiger partial charge in [-0.25, -0.2) is 0 Å². The molecule has 0 aromatic carbocycles. The number of rotatable bonds is 8. The molecule has 0 aromatic heterocycles. The van der Waals surface area contributed by atoms with E-state index in [0.717, 1.165) is 6.54 Å². The van der Waals surface area contributed by atoms with Gasteiger partial charge in [0, 0.05) is 32.2 Å². The third kappa shape index (κ3) is 8.68. The van der Waals surface area contributed by atoms with E-state index in [1.807, 2.05) is 34.6 Å². The van der Waals surface area contributed by atoms with Crippen molar-refractivity contribution in [2.45, 2.75) is 52.7 Å². The first-order valence-electron chi connectivity index (χ1n) is 6.01. The molecule has 16 heavy (non-hydrogen) atoms. The van der Waals surface area contributed by atoms with Crippen molar-refractivity contribution in [2.75, 3.05) is 19.7 Å². The second-order valence-corrected chi connectivity index (χ2v) is 4.84. The van der Waals surface area contributed by atoms with E-state index in [0.29, 0.717) is 19.6 Å². The molecule has 1 amide bonds. The normalized spacial score (nSPS) is 11.9. The van der Waals surface area contributed by atoms with Gasteiger partial charge >= 0.3 is 0 Å². The van der Waals surface area contributed by atoms with Crippen molar-refractivity contribution in [1.29, 1.82) is 0 Å². The maximum Gasteiger partial charge on any atom is 0.221 e. The summed E-state index contributed by atoms with van der Waals surface area (Å²) in [6.07, 6.45) is 0.514. The monoisotopic (exact) mass is 230 g/mol. The van der Waals surface area contributed by atoms with Gasteiger partial charge in [0.2, 0.25) is 5.91 Å². The van der Waals surface area contributed by atoms with Crippen molar-refractivity contribution < 1.29 is 9.53 Å². The molecule has 0 rings (SSSR count). The van der Waals surface area contributed by atoms with E-state index >= 15 is 0 Å². The largest absolute Gasteiger partial charge is 0.375 e. The van der Waals surface area contributed by atoms with Gasteiger partial charge in [0.1, 0.15) is 0 Å². The highest BCUT2D eigenvalue weighted by Crippen LogP contribution is 2.06. The van der Waals surface area contributed by atoms with E-state index in [1.54, 1.807) is 0 Å². The second-order valence-electron chi connectivity index (χ2n) is 4.84. The van der Waals surface area contributed by atoms with Gasteiger partial charge < -0.3 is 15.4 Å². The Kier molecular flexibility index (Phi) is 7.34. The molecule has 0 unspecified atom stereocenters. The minimum atomic E-state index is -0.163.